The fourth-order valence-electron chi connectivity index (χ4n) is 1.75. The maximum absolute atomic E-state index is 13.1. The van der Waals surface area contributed by atoms with Crippen molar-refractivity contribution in [2.24, 2.45) is 0 Å². The molecule has 3 nitrogen and oxygen atoms in total. The molecule has 1 unspecified atom stereocenters. The SMILES string of the molecule is Cc1ccccc1OC(C)C(=O)Nc1ccc(F)c(F)c1. The number of amides is 1. The molecule has 0 fully saturated rings. The van der Waals surface area contributed by atoms with Crippen LogP contribution in [-0.4, -0.2) is 12.0 Å². The van der Waals surface area contributed by atoms with Crippen LogP contribution < -0.4 is 10.1 Å². The van der Waals surface area contributed by atoms with E-state index in [9.17, 15) is 13.6 Å². The minimum Gasteiger partial charge on any atom is -0.481 e. The predicted octanol–water partition coefficient (Wildman–Crippen LogP) is 3.68. The quantitative estimate of drug-likeness (QED) is 0.933. The van der Waals surface area contributed by atoms with Crippen LogP contribution in [0.1, 0.15) is 12.5 Å². The summed E-state index contributed by atoms with van der Waals surface area (Å²) in [6.45, 7) is 3.46. The van der Waals surface area contributed by atoms with E-state index in [0.717, 1.165) is 17.7 Å². The lowest BCUT2D eigenvalue weighted by Crippen LogP contribution is -2.30. The lowest BCUT2D eigenvalue weighted by atomic mass is 10.2. The van der Waals surface area contributed by atoms with E-state index in [1.807, 2.05) is 25.1 Å². The van der Waals surface area contributed by atoms with Crippen LogP contribution in [-0.2, 0) is 4.79 Å². The number of carbonyl (C=O) groups is 1. The number of rotatable bonds is 4. The van der Waals surface area contributed by atoms with E-state index < -0.39 is 23.6 Å². The lowest BCUT2D eigenvalue weighted by molar-refractivity contribution is -0.122. The van der Waals surface area contributed by atoms with Crippen LogP contribution in [0.4, 0.5) is 14.5 Å². The molecule has 2 aromatic carbocycles. The molecule has 2 aromatic rings. The smallest absolute Gasteiger partial charge is 0.265 e. The van der Waals surface area contributed by atoms with Gasteiger partial charge in [0.25, 0.3) is 5.91 Å². The van der Waals surface area contributed by atoms with Crippen LogP contribution in [0.25, 0.3) is 0 Å². The van der Waals surface area contributed by atoms with Crippen molar-refractivity contribution in [1.29, 1.82) is 0 Å². The van der Waals surface area contributed by atoms with E-state index >= 15 is 0 Å². The molecule has 0 saturated carbocycles. The first-order chi connectivity index (χ1) is 9.97. The molecular weight excluding hydrogens is 276 g/mol. The van der Waals surface area contributed by atoms with Crippen LogP contribution in [0.5, 0.6) is 5.75 Å². The standard InChI is InChI=1S/C16H15F2NO2/c1-10-5-3-4-6-15(10)21-11(2)16(20)19-12-7-8-13(17)14(18)9-12/h3-9,11H,1-2H3,(H,19,20). The zero-order valence-corrected chi connectivity index (χ0v) is 11.7. The third-order valence-corrected chi connectivity index (χ3v) is 2.95. The van der Waals surface area contributed by atoms with Crippen molar-refractivity contribution in [3.05, 3.63) is 59.7 Å². The van der Waals surface area contributed by atoms with Gasteiger partial charge in [0.15, 0.2) is 17.7 Å². The summed E-state index contributed by atoms with van der Waals surface area (Å²) in [5.74, 6) is -1.81. The number of benzene rings is 2. The number of halogens is 2. The molecule has 1 amide bonds. The molecule has 0 aromatic heterocycles. The Hall–Kier alpha value is -2.43. The Bertz CT molecular complexity index is 658. The summed E-state index contributed by atoms with van der Waals surface area (Å²) in [6, 6.07) is 10.5. The van der Waals surface area contributed by atoms with Gasteiger partial charge in [-0.2, -0.15) is 0 Å². The molecule has 0 aliphatic rings. The number of hydrogen-bond donors (Lipinski definition) is 1. The van der Waals surface area contributed by atoms with E-state index in [4.69, 9.17) is 4.74 Å². The summed E-state index contributed by atoms with van der Waals surface area (Å²) in [4.78, 5) is 12.0. The Balaban J connectivity index is 2.02. The van der Waals surface area contributed by atoms with Crippen LogP contribution in [0, 0.1) is 18.6 Å². The van der Waals surface area contributed by atoms with Crippen molar-refractivity contribution in [2.45, 2.75) is 20.0 Å². The fourth-order valence-corrected chi connectivity index (χ4v) is 1.75. The average molecular weight is 291 g/mol. The summed E-state index contributed by atoms with van der Waals surface area (Å²) in [5, 5.41) is 2.48. The summed E-state index contributed by atoms with van der Waals surface area (Å²) >= 11 is 0. The number of ether oxygens (including phenoxy) is 1. The van der Waals surface area contributed by atoms with Gasteiger partial charge in [0.2, 0.25) is 0 Å². The number of anilines is 1. The van der Waals surface area contributed by atoms with Crippen molar-refractivity contribution in [3.8, 4) is 5.75 Å². The first kappa shape index (κ1) is 15.0. The molecule has 0 aliphatic carbocycles. The van der Waals surface area contributed by atoms with Gasteiger partial charge in [-0.3, -0.25) is 4.79 Å². The van der Waals surface area contributed by atoms with Gasteiger partial charge in [0.05, 0.1) is 0 Å². The second-order valence-corrected chi connectivity index (χ2v) is 4.64. The van der Waals surface area contributed by atoms with Crippen molar-refractivity contribution in [2.75, 3.05) is 5.32 Å². The largest absolute Gasteiger partial charge is 0.481 e. The van der Waals surface area contributed by atoms with Gasteiger partial charge < -0.3 is 10.1 Å². The van der Waals surface area contributed by atoms with Crippen LogP contribution >= 0.6 is 0 Å². The molecule has 2 rings (SSSR count). The summed E-state index contributed by atoms with van der Waals surface area (Å²) in [7, 11) is 0. The van der Waals surface area contributed by atoms with Crippen LogP contribution in [0.2, 0.25) is 0 Å². The van der Waals surface area contributed by atoms with Crippen LogP contribution in [0.3, 0.4) is 0 Å². The van der Waals surface area contributed by atoms with Crippen LogP contribution in [0.15, 0.2) is 42.5 Å². The van der Waals surface area contributed by atoms with Gasteiger partial charge in [-0.15, -0.1) is 0 Å². The predicted molar refractivity (Wildman–Crippen MR) is 76.3 cm³/mol. The Kier molecular flexibility index (Phi) is 4.52. The molecule has 0 saturated heterocycles. The zero-order chi connectivity index (χ0) is 15.4. The zero-order valence-electron chi connectivity index (χ0n) is 11.7. The van der Waals surface area contributed by atoms with E-state index in [1.54, 1.807) is 13.0 Å². The van der Waals surface area contributed by atoms with Crippen molar-refractivity contribution in [1.82, 2.24) is 0 Å². The Morgan fingerprint density at radius 1 is 1.14 bits per heavy atom. The molecular formula is C16H15F2NO2. The summed E-state index contributed by atoms with van der Waals surface area (Å²) < 4.78 is 31.4. The molecule has 0 radical (unpaired) electrons. The maximum atomic E-state index is 13.1. The van der Waals surface area contributed by atoms with Gasteiger partial charge in [-0.1, -0.05) is 18.2 Å². The highest BCUT2D eigenvalue weighted by atomic mass is 19.2. The van der Waals surface area contributed by atoms with Gasteiger partial charge in [-0.25, -0.2) is 8.78 Å². The summed E-state index contributed by atoms with van der Waals surface area (Å²) in [6.07, 6.45) is -0.765. The summed E-state index contributed by atoms with van der Waals surface area (Å²) in [5.41, 5.74) is 1.09. The van der Waals surface area contributed by atoms with E-state index in [2.05, 4.69) is 5.32 Å². The molecule has 0 bridgehead atoms. The Morgan fingerprint density at radius 3 is 2.52 bits per heavy atom. The highest BCUT2D eigenvalue weighted by Gasteiger charge is 2.16. The van der Waals surface area contributed by atoms with Gasteiger partial charge >= 0.3 is 0 Å². The van der Waals surface area contributed by atoms with E-state index in [0.29, 0.717) is 5.75 Å². The topological polar surface area (TPSA) is 38.3 Å². The Morgan fingerprint density at radius 2 is 1.86 bits per heavy atom. The minimum atomic E-state index is -1.01. The molecule has 1 N–H and O–H groups in total. The first-order valence-electron chi connectivity index (χ1n) is 6.45. The second kappa shape index (κ2) is 6.35. The van der Waals surface area contributed by atoms with Gasteiger partial charge in [0.1, 0.15) is 5.75 Å². The third-order valence-electron chi connectivity index (χ3n) is 2.95. The average Bonchev–Trinajstić information content (AvgIpc) is 2.45. The third kappa shape index (κ3) is 3.78. The van der Waals surface area contributed by atoms with Crippen molar-refractivity contribution >= 4 is 11.6 Å². The Labute approximate surface area is 121 Å². The van der Waals surface area contributed by atoms with Gasteiger partial charge in [-0.05, 0) is 37.6 Å². The number of hydrogen-bond acceptors (Lipinski definition) is 2. The van der Waals surface area contributed by atoms with Crippen molar-refractivity contribution in [3.63, 3.8) is 0 Å². The van der Waals surface area contributed by atoms with E-state index in [1.165, 1.54) is 6.07 Å². The fraction of sp³-hybridized carbons (Fsp3) is 0.188. The molecule has 110 valence electrons. The number of aryl methyl sites for hydroxylation is 1. The van der Waals surface area contributed by atoms with E-state index in [-0.39, 0.29) is 5.69 Å². The number of nitrogens with one attached hydrogen (secondary N) is 1. The molecule has 0 aliphatic heterocycles. The first-order valence-corrected chi connectivity index (χ1v) is 6.45. The molecule has 21 heavy (non-hydrogen) atoms. The molecule has 0 spiro atoms. The molecule has 1 atom stereocenters. The second-order valence-electron chi connectivity index (χ2n) is 4.64. The van der Waals surface area contributed by atoms with Gasteiger partial charge in [0, 0.05) is 11.8 Å². The monoisotopic (exact) mass is 291 g/mol. The molecule has 0 heterocycles. The highest BCUT2D eigenvalue weighted by molar-refractivity contribution is 5.94. The highest BCUT2D eigenvalue weighted by Crippen LogP contribution is 2.19. The number of carbonyl (C=O) groups excluding carboxylic acids is 1. The van der Waals surface area contributed by atoms with Crippen molar-refractivity contribution < 1.29 is 18.3 Å². The maximum Gasteiger partial charge on any atom is 0.265 e. The number of para-hydroxylation sites is 1. The lowest BCUT2D eigenvalue weighted by Gasteiger charge is -2.16. The normalized spacial score (nSPS) is 11.8. The molecule has 5 heteroatoms. The minimum absolute atomic E-state index is 0.180.